The van der Waals surface area contributed by atoms with Gasteiger partial charge in [0.15, 0.2) is 0 Å². The summed E-state index contributed by atoms with van der Waals surface area (Å²) in [5, 5.41) is 6.71. The second-order valence-electron chi connectivity index (χ2n) is 6.24. The summed E-state index contributed by atoms with van der Waals surface area (Å²) in [5.74, 6) is 0.371. The number of benzene rings is 1. The molecule has 3 rings (SSSR count). The molecule has 2 N–H and O–H groups in total. The maximum Gasteiger partial charge on any atom is 0.251 e. The molecule has 0 bridgehead atoms. The average Bonchev–Trinajstić information content (AvgIpc) is 3.25. The Morgan fingerprint density at radius 3 is 2.72 bits per heavy atom. The Hall–Kier alpha value is -2.19. The largest absolute Gasteiger partial charge is 0.361 e. The molecule has 1 saturated carbocycles. The van der Waals surface area contributed by atoms with E-state index in [1.165, 1.54) is 12.1 Å². The molecule has 1 fully saturated rings. The van der Waals surface area contributed by atoms with Gasteiger partial charge in [0.25, 0.3) is 5.91 Å². The van der Waals surface area contributed by atoms with Crippen molar-refractivity contribution in [1.29, 1.82) is 0 Å². The highest BCUT2D eigenvalue weighted by Crippen LogP contribution is 2.19. The van der Waals surface area contributed by atoms with Crippen molar-refractivity contribution in [1.82, 2.24) is 15.2 Å². The minimum absolute atomic E-state index is 0.0260. The number of hydrogen-bond acceptors (Lipinski definition) is 5. The van der Waals surface area contributed by atoms with Gasteiger partial charge in [-0.2, -0.15) is 0 Å². The number of carbonyl (C=O) groups is 1. The molecule has 0 unspecified atom stereocenters. The molecule has 0 spiro atoms. The quantitative estimate of drug-likeness (QED) is 0.819. The van der Waals surface area contributed by atoms with Gasteiger partial charge in [-0.3, -0.25) is 4.79 Å². The number of carbonyl (C=O) groups excluding carboxylic acids is 1. The molecule has 134 valence electrons. The van der Waals surface area contributed by atoms with Crippen LogP contribution in [0.1, 0.15) is 47.5 Å². The van der Waals surface area contributed by atoms with Crippen molar-refractivity contribution in [2.24, 2.45) is 0 Å². The van der Waals surface area contributed by atoms with Gasteiger partial charge >= 0.3 is 0 Å². The van der Waals surface area contributed by atoms with Crippen LogP contribution < -0.4 is 10.0 Å². The second-order valence-corrected chi connectivity index (χ2v) is 8.00. The van der Waals surface area contributed by atoms with Crippen molar-refractivity contribution in [3.05, 3.63) is 47.3 Å². The average molecular weight is 363 g/mol. The number of aromatic nitrogens is 1. The van der Waals surface area contributed by atoms with Gasteiger partial charge in [0.05, 0.1) is 17.1 Å². The van der Waals surface area contributed by atoms with Crippen molar-refractivity contribution < 1.29 is 17.7 Å². The van der Waals surface area contributed by atoms with Crippen LogP contribution in [0.25, 0.3) is 0 Å². The molecule has 1 amide bonds. The van der Waals surface area contributed by atoms with Crippen LogP contribution in [-0.4, -0.2) is 25.5 Å². The van der Waals surface area contributed by atoms with Gasteiger partial charge in [-0.25, -0.2) is 13.1 Å². The maximum atomic E-state index is 12.4. The highest BCUT2D eigenvalue weighted by atomic mass is 32.2. The minimum Gasteiger partial charge on any atom is -0.361 e. The van der Waals surface area contributed by atoms with Crippen molar-refractivity contribution in [2.75, 3.05) is 0 Å². The summed E-state index contributed by atoms with van der Waals surface area (Å²) in [7, 11) is -3.74. The highest BCUT2D eigenvalue weighted by Gasteiger charge is 2.20. The van der Waals surface area contributed by atoms with Gasteiger partial charge in [-0.15, -0.1) is 0 Å². The van der Waals surface area contributed by atoms with E-state index in [1.54, 1.807) is 25.1 Å². The molecular weight excluding hydrogens is 342 g/mol. The van der Waals surface area contributed by atoms with Crippen LogP contribution in [0.2, 0.25) is 0 Å². The summed E-state index contributed by atoms with van der Waals surface area (Å²) in [4.78, 5) is 12.4. The van der Waals surface area contributed by atoms with Crippen molar-refractivity contribution in [3.8, 4) is 0 Å². The lowest BCUT2D eigenvalue weighted by Crippen LogP contribution is -2.32. The first-order chi connectivity index (χ1) is 11.9. The number of nitrogens with zero attached hydrogens (tertiary/aromatic N) is 1. The summed E-state index contributed by atoms with van der Waals surface area (Å²) in [6.45, 7) is 1.76. The Kier molecular flexibility index (Phi) is 5.19. The van der Waals surface area contributed by atoms with Crippen LogP contribution >= 0.6 is 0 Å². The number of amides is 1. The molecule has 7 nitrogen and oxygen atoms in total. The topological polar surface area (TPSA) is 101 Å². The Morgan fingerprint density at radius 1 is 1.28 bits per heavy atom. The fourth-order valence-corrected chi connectivity index (χ4v) is 3.94. The van der Waals surface area contributed by atoms with E-state index in [9.17, 15) is 13.2 Å². The maximum absolute atomic E-state index is 12.4. The zero-order valence-corrected chi connectivity index (χ0v) is 14.8. The molecule has 1 heterocycles. The van der Waals surface area contributed by atoms with E-state index in [2.05, 4.69) is 15.2 Å². The van der Waals surface area contributed by atoms with Gasteiger partial charge in [-0.05, 0) is 38.0 Å². The molecule has 1 aliphatic carbocycles. The van der Waals surface area contributed by atoms with E-state index in [4.69, 9.17) is 4.52 Å². The Morgan fingerprint density at radius 2 is 2.04 bits per heavy atom. The third-order valence-electron chi connectivity index (χ3n) is 4.22. The summed E-state index contributed by atoms with van der Waals surface area (Å²) >= 11 is 0. The molecule has 0 radical (unpaired) electrons. The van der Waals surface area contributed by atoms with Crippen LogP contribution in [0, 0.1) is 6.92 Å². The predicted molar refractivity (Wildman–Crippen MR) is 91.4 cm³/mol. The fourth-order valence-electron chi connectivity index (χ4n) is 2.90. The lowest BCUT2D eigenvalue weighted by molar-refractivity contribution is 0.0937. The minimum atomic E-state index is -3.74. The van der Waals surface area contributed by atoms with E-state index < -0.39 is 10.0 Å². The van der Waals surface area contributed by atoms with Crippen LogP contribution in [0.15, 0.2) is 39.8 Å². The molecule has 25 heavy (non-hydrogen) atoms. The van der Waals surface area contributed by atoms with Gasteiger partial charge in [-0.1, -0.05) is 24.1 Å². The van der Waals surface area contributed by atoms with Gasteiger partial charge < -0.3 is 9.84 Å². The lowest BCUT2D eigenvalue weighted by Gasteiger charge is -2.12. The standard InChI is InChI=1S/C17H21N3O4S/c1-12-9-15(20-24-12)11-18-25(22,23)16-8-4-5-13(10-16)17(21)19-14-6-2-3-7-14/h4-5,8-10,14,18H,2-3,6-7,11H2,1H3,(H,19,21). The van der Waals surface area contributed by atoms with Crippen molar-refractivity contribution >= 4 is 15.9 Å². The molecular formula is C17H21N3O4S. The van der Waals surface area contributed by atoms with E-state index in [1.807, 2.05) is 0 Å². The second kappa shape index (κ2) is 7.37. The molecule has 0 saturated heterocycles. The molecule has 1 aromatic heterocycles. The van der Waals surface area contributed by atoms with Crippen LogP contribution in [0.3, 0.4) is 0 Å². The van der Waals surface area contributed by atoms with E-state index in [-0.39, 0.29) is 23.4 Å². The fraction of sp³-hybridized carbons (Fsp3) is 0.412. The Bertz CT molecular complexity index is 854. The summed E-state index contributed by atoms with van der Waals surface area (Å²) in [6, 6.07) is 7.88. The molecule has 0 aliphatic heterocycles. The van der Waals surface area contributed by atoms with Gasteiger partial charge in [0.2, 0.25) is 10.0 Å². The SMILES string of the molecule is Cc1cc(CNS(=O)(=O)c2cccc(C(=O)NC3CCCC3)c2)no1. The first kappa shape index (κ1) is 17.6. The number of aryl methyl sites for hydroxylation is 1. The molecule has 1 aliphatic rings. The zero-order valence-electron chi connectivity index (χ0n) is 14.0. The smallest absolute Gasteiger partial charge is 0.251 e. The van der Waals surface area contributed by atoms with E-state index >= 15 is 0 Å². The van der Waals surface area contributed by atoms with Gasteiger partial charge in [0.1, 0.15) is 5.76 Å². The van der Waals surface area contributed by atoms with E-state index in [0.717, 1.165) is 25.7 Å². The molecule has 8 heteroatoms. The molecule has 1 aromatic carbocycles. The van der Waals surface area contributed by atoms with Crippen molar-refractivity contribution in [2.45, 2.75) is 50.1 Å². The predicted octanol–water partition coefficient (Wildman–Crippen LogP) is 2.13. The monoisotopic (exact) mass is 363 g/mol. The normalized spacial score (nSPS) is 15.4. The third kappa shape index (κ3) is 4.46. The first-order valence-electron chi connectivity index (χ1n) is 8.27. The lowest BCUT2D eigenvalue weighted by atomic mass is 10.2. The molecule has 2 aromatic rings. The van der Waals surface area contributed by atoms with Crippen LogP contribution in [0.4, 0.5) is 0 Å². The first-order valence-corrected chi connectivity index (χ1v) is 9.75. The summed E-state index contributed by atoms with van der Waals surface area (Å²) in [6.07, 6.45) is 4.18. The third-order valence-corrected chi connectivity index (χ3v) is 5.62. The number of sulfonamides is 1. The molecule has 0 atom stereocenters. The Balaban J connectivity index is 1.69. The summed E-state index contributed by atoms with van der Waals surface area (Å²) < 4.78 is 32.2. The van der Waals surface area contributed by atoms with Gasteiger partial charge in [0, 0.05) is 17.7 Å². The van der Waals surface area contributed by atoms with Crippen LogP contribution in [0.5, 0.6) is 0 Å². The number of hydrogen-bond donors (Lipinski definition) is 2. The number of rotatable bonds is 6. The highest BCUT2D eigenvalue weighted by molar-refractivity contribution is 7.89. The Labute approximate surface area is 146 Å². The van der Waals surface area contributed by atoms with E-state index in [0.29, 0.717) is 17.0 Å². The number of nitrogens with one attached hydrogen (secondary N) is 2. The van der Waals surface area contributed by atoms with Crippen molar-refractivity contribution in [3.63, 3.8) is 0 Å². The zero-order chi connectivity index (χ0) is 17.9. The summed E-state index contributed by atoms with van der Waals surface area (Å²) in [5.41, 5.74) is 0.836. The van der Waals surface area contributed by atoms with Crippen LogP contribution in [-0.2, 0) is 16.6 Å².